The van der Waals surface area contributed by atoms with E-state index in [2.05, 4.69) is 5.32 Å². The largest absolute Gasteiger partial charge is 0.481 e. The molecule has 0 saturated heterocycles. The minimum atomic E-state index is -0.600. The van der Waals surface area contributed by atoms with Crippen LogP contribution >= 0.6 is 23.2 Å². The number of anilines is 1. The molecule has 0 aliphatic heterocycles. The highest BCUT2D eigenvalue weighted by Gasteiger charge is 2.20. The number of halogens is 2. The number of hydrogen-bond donors (Lipinski definition) is 1. The van der Waals surface area contributed by atoms with Crippen LogP contribution < -0.4 is 10.1 Å². The van der Waals surface area contributed by atoms with E-state index >= 15 is 0 Å². The van der Waals surface area contributed by atoms with Crippen LogP contribution in [0.5, 0.6) is 5.75 Å². The van der Waals surface area contributed by atoms with Gasteiger partial charge >= 0.3 is 0 Å². The molecule has 0 fully saturated rings. The number of rotatable bonds is 5. The molecule has 1 atom stereocenters. The van der Waals surface area contributed by atoms with Gasteiger partial charge in [0.15, 0.2) is 6.10 Å². The van der Waals surface area contributed by atoms with Crippen LogP contribution in [0.15, 0.2) is 42.5 Å². The molecular formula is C17H17Cl2NO2. The molecule has 3 nitrogen and oxygen atoms in total. The molecule has 2 aromatic carbocycles. The molecule has 2 rings (SSSR count). The van der Waals surface area contributed by atoms with Crippen LogP contribution in [-0.4, -0.2) is 12.0 Å². The fourth-order valence-electron chi connectivity index (χ4n) is 1.99. The monoisotopic (exact) mass is 337 g/mol. The quantitative estimate of drug-likeness (QED) is 0.824. The van der Waals surface area contributed by atoms with E-state index in [0.717, 1.165) is 5.56 Å². The van der Waals surface area contributed by atoms with Crippen LogP contribution in [0.2, 0.25) is 10.0 Å². The minimum absolute atomic E-state index is 0.256. The smallest absolute Gasteiger partial charge is 0.265 e. The molecule has 1 amide bonds. The molecule has 0 heterocycles. The number of nitrogens with one attached hydrogen (secondary N) is 1. The summed E-state index contributed by atoms with van der Waals surface area (Å²) in [5.41, 5.74) is 1.55. The predicted molar refractivity (Wildman–Crippen MR) is 91.0 cm³/mol. The van der Waals surface area contributed by atoms with E-state index in [-0.39, 0.29) is 5.91 Å². The van der Waals surface area contributed by atoms with Crippen LogP contribution in [0.25, 0.3) is 0 Å². The van der Waals surface area contributed by atoms with E-state index in [0.29, 0.717) is 27.9 Å². The lowest BCUT2D eigenvalue weighted by molar-refractivity contribution is -0.122. The summed E-state index contributed by atoms with van der Waals surface area (Å²) < 4.78 is 5.76. The first-order chi connectivity index (χ1) is 10.5. The second-order valence-corrected chi connectivity index (χ2v) is 5.71. The Bertz CT molecular complexity index is 673. The molecule has 0 bridgehead atoms. The van der Waals surface area contributed by atoms with Gasteiger partial charge in [0, 0.05) is 0 Å². The van der Waals surface area contributed by atoms with Gasteiger partial charge in [0.1, 0.15) is 5.75 Å². The van der Waals surface area contributed by atoms with Crippen molar-refractivity contribution in [2.24, 2.45) is 0 Å². The maximum atomic E-state index is 12.4. The van der Waals surface area contributed by atoms with Crippen LogP contribution in [0.1, 0.15) is 18.9 Å². The van der Waals surface area contributed by atoms with Crippen molar-refractivity contribution in [3.63, 3.8) is 0 Å². The van der Waals surface area contributed by atoms with Crippen LogP contribution in [-0.2, 0) is 4.79 Å². The first-order valence-corrected chi connectivity index (χ1v) is 7.75. The summed E-state index contributed by atoms with van der Waals surface area (Å²) in [4.78, 5) is 12.4. The van der Waals surface area contributed by atoms with Crippen molar-refractivity contribution in [3.05, 3.63) is 58.1 Å². The Hall–Kier alpha value is -1.71. The molecule has 0 radical (unpaired) electrons. The SMILES string of the molecule is CCC(Oc1cccc(C)c1)C(=O)Nc1cccc(Cl)c1Cl. The summed E-state index contributed by atoms with van der Waals surface area (Å²) in [6, 6.07) is 12.7. The number of carbonyl (C=O) groups excluding carboxylic acids is 1. The molecule has 0 spiro atoms. The van der Waals surface area contributed by atoms with Gasteiger partial charge in [-0.1, -0.05) is 48.3 Å². The van der Waals surface area contributed by atoms with E-state index in [1.54, 1.807) is 18.2 Å². The Kier molecular flexibility index (Phi) is 5.69. The van der Waals surface area contributed by atoms with Crippen molar-refractivity contribution in [2.75, 3.05) is 5.32 Å². The molecule has 1 N–H and O–H groups in total. The zero-order valence-electron chi connectivity index (χ0n) is 12.4. The minimum Gasteiger partial charge on any atom is -0.481 e. The van der Waals surface area contributed by atoms with E-state index in [9.17, 15) is 4.79 Å². The molecular weight excluding hydrogens is 321 g/mol. The number of carbonyl (C=O) groups is 1. The van der Waals surface area contributed by atoms with Gasteiger partial charge in [0.25, 0.3) is 5.91 Å². The molecule has 116 valence electrons. The average Bonchev–Trinajstić information content (AvgIpc) is 2.49. The second kappa shape index (κ2) is 7.52. The number of ether oxygens (including phenoxy) is 1. The number of aryl methyl sites for hydroxylation is 1. The molecule has 0 aliphatic rings. The summed E-state index contributed by atoms with van der Waals surface area (Å²) in [5, 5.41) is 3.47. The second-order valence-electron chi connectivity index (χ2n) is 4.92. The Morgan fingerprint density at radius 3 is 2.64 bits per heavy atom. The van der Waals surface area contributed by atoms with Crippen molar-refractivity contribution in [3.8, 4) is 5.75 Å². The van der Waals surface area contributed by atoms with Gasteiger partial charge in [-0.25, -0.2) is 0 Å². The van der Waals surface area contributed by atoms with Crippen molar-refractivity contribution < 1.29 is 9.53 Å². The number of amides is 1. The molecule has 5 heteroatoms. The lowest BCUT2D eigenvalue weighted by Crippen LogP contribution is -2.32. The highest BCUT2D eigenvalue weighted by atomic mass is 35.5. The topological polar surface area (TPSA) is 38.3 Å². The van der Waals surface area contributed by atoms with Gasteiger partial charge in [-0.05, 0) is 43.2 Å². The van der Waals surface area contributed by atoms with Crippen molar-refractivity contribution in [1.82, 2.24) is 0 Å². The van der Waals surface area contributed by atoms with E-state index in [4.69, 9.17) is 27.9 Å². The van der Waals surface area contributed by atoms with Gasteiger partial charge < -0.3 is 10.1 Å². The standard InChI is InChI=1S/C17H17Cl2NO2/c1-3-15(22-12-7-4-6-11(2)10-12)17(21)20-14-9-5-8-13(18)16(14)19/h4-10,15H,3H2,1-2H3,(H,20,21). The van der Waals surface area contributed by atoms with Crippen molar-refractivity contribution in [2.45, 2.75) is 26.4 Å². The van der Waals surface area contributed by atoms with Crippen LogP contribution in [0.4, 0.5) is 5.69 Å². The van der Waals surface area contributed by atoms with Crippen molar-refractivity contribution >= 4 is 34.8 Å². The Morgan fingerprint density at radius 2 is 1.95 bits per heavy atom. The summed E-state index contributed by atoms with van der Waals surface area (Å²) >= 11 is 12.0. The molecule has 1 unspecified atom stereocenters. The maximum absolute atomic E-state index is 12.4. The third-order valence-electron chi connectivity index (χ3n) is 3.14. The van der Waals surface area contributed by atoms with Crippen LogP contribution in [0.3, 0.4) is 0 Å². The average molecular weight is 338 g/mol. The maximum Gasteiger partial charge on any atom is 0.265 e. The predicted octanol–water partition coefficient (Wildman–Crippen LogP) is 5.10. The van der Waals surface area contributed by atoms with Gasteiger partial charge in [0.05, 0.1) is 15.7 Å². The number of hydrogen-bond acceptors (Lipinski definition) is 2. The Labute approximate surface area is 140 Å². The molecule has 0 aromatic heterocycles. The van der Waals surface area contributed by atoms with Gasteiger partial charge in [-0.15, -0.1) is 0 Å². The van der Waals surface area contributed by atoms with Crippen LogP contribution in [0, 0.1) is 6.92 Å². The molecule has 2 aromatic rings. The summed E-state index contributed by atoms with van der Waals surface area (Å²) in [6.45, 7) is 3.86. The van der Waals surface area contributed by atoms with E-state index in [1.807, 2.05) is 38.1 Å². The molecule has 22 heavy (non-hydrogen) atoms. The summed E-state index contributed by atoms with van der Waals surface area (Å²) in [7, 11) is 0. The Balaban J connectivity index is 2.10. The zero-order valence-corrected chi connectivity index (χ0v) is 13.9. The highest BCUT2D eigenvalue weighted by molar-refractivity contribution is 6.44. The summed E-state index contributed by atoms with van der Waals surface area (Å²) in [5.74, 6) is 0.410. The zero-order chi connectivity index (χ0) is 16.1. The number of benzene rings is 2. The van der Waals surface area contributed by atoms with Crippen molar-refractivity contribution in [1.29, 1.82) is 0 Å². The first kappa shape index (κ1) is 16.7. The van der Waals surface area contributed by atoms with E-state index < -0.39 is 6.10 Å². The van der Waals surface area contributed by atoms with E-state index in [1.165, 1.54) is 0 Å². The first-order valence-electron chi connectivity index (χ1n) is 6.99. The normalized spacial score (nSPS) is 11.8. The van der Waals surface area contributed by atoms with Gasteiger partial charge in [-0.3, -0.25) is 4.79 Å². The van der Waals surface area contributed by atoms with Gasteiger partial charge in [-0.2, -0.15) is 0 Å². The lowest BCUT2D eigenvalue weighted by Gasteiger charge is -2.18. The molecule has 0 aliphatic carbocycles. The summed E-state index contributed by atoms with van der Waals surface area (Å²) in [6.07, 6.45) is -0.0605. The Morgan fingerprint density at radius 1 is 1.23 bits per heavy atom. The lowest BCUT2D eigenvalue weighted by atomic mass is 10.2. The highest BCUT2D eigenvalue weighted by Crippen LogP contribution is 2.29. The fourth-order valence-corrected chi connectivity index (χ4v) is 2.34. The van der Waals surface area contributed by atoms with Gasteiger partial charge in [0.2, 0.25) is 0 Å². The molecule has 0 saturated carbocycles. The third-order valence-corrected chi connectivity index (χ3v) is 3.96. The fraction of sp³-hybridized carbons (Fsp3) is 0.235. The third kappa shape index (κ3) is 4.15.